The van der Waals surface area contributed by atoms with Crippen molar-refractivity contribution >= 4 is 15.9 Å². The molecule has 0 aliphatic rings. The van der Waals surface area contributed by atoms with Crippen LogP contribution in [0.1, 0.15) is 17.2 Å². The van der Waals surface area contributed by atoms with Crippen LogP contribution in [0.4, 0.5) is 4.39 Å². The standard InChI is InChI=1S/C16H17BrFNO2/c1-20-11-4-5-12(16(9-11)21-2)15(19)8-10-3-6-14(18)13(17)7-10/h3-7,9,15H,8,19H2,1-2H3. The van der Waals surface area contributed by atoms with Crippen molar-refractivity contribution in [3.63, 3.8) is 0 Å². The second-order valence-corrected chi connectivity index (χ2v) is 5.52. The maximum atomic E-state index is 13.2. The number of hydrogen-bond acceptors (Lipinski definition) is 3. The molecule has 0 saturated carbocycles. The van der Waals surface area contributed by atoms with Crippen molar-refractivity contribution in [1.82, 2.24) is 0 Å². The van der Waals surface area contributed by atoms with Crippen molar-refractivity contribution in [1.29, 1.82) is 0 Å². The molecule has 0 heterocycles. The Morgan fingerprint density at radius 3 is 2.52 bits per heavy atom. The van der Waals surface area contributed by atoms with Gasteiger partial charge in [-0.05, 0) is 46.1 Å². The van der Waals surface area contributed by atoms with Gasteiger partial charge in [0.2, 0.25) is 0 Å². The fourth-order valence-electron chi connectivity index (χ4n) is 2.16. The number of hydrogen-bond donors (Lipinski definition) is 1. The molecular formula is C16H17BrFNO2. The first-order valence-electron chi connectivity index (χ1n) is 6.46. The van der Waals surface area contributed by atoms with E-state index >= 15 is 0 Å². The Balaban J connectivity index is 2.23. The van der Waals surface area contributed by atoms with Crippen molar-refractivity contribution < 1.29 is 13.9 Å². The van der Waals surface area contributed by atoms with Crippen LogP contribution in [0.5, 0.6) is 11.5 Å². The van der Waals surface area contributed by atoms with E-state index in [0.717, 1.165) is 11.1 Å². The van der Waals surface area contributed by atoms with Crippen LogP contribution in [0.15, 0.2) is 40.9 Å². The molecule has 5 heteroatoms. The van der Waals surface area contributed by atoms with Gasteiger partial charge in [0.15, 0.2) is 0 Å². The van der Waals surface area contributed by atoms with Crippen LogP contribution in [0.25, 0.3) is 0 Å². The van der Waals surface area contributed by atoms with Crippen molar-refractivity contribution in [3.05, 3.63) is 57.8 Å². The summed E-state index contributed by atoms with van der Waals surface area (Å²) >= 11 is 3.18. The van der Waals surface area contributed by atoms with Gasteiger partial charge in [-0.1, -0.05) is 12.1 Å². The Bertz CT molecular complexity index is 634. The number of ether oxygens (including phenoxy) is 2. The van der Waals surface area contributed by atoms with Gasteiger partial charge < -0.3 is 15.2 Å². The van der Waals surface area contributed by atoms with Gasteiger partial charge in [-0.25, -0.2) is 4.39 Å². The van der Waals surface area contributed by atoms with Crippen molar-refractivity contribution in [2.24, 2.45) is 5.73 Å². The first-order valence-corrected chi connectivity index (χ1v) is 7.26. The summed E-state index contributed by atoms with van der Waals surface area (Å²) < 4.78 is 24.2. The zero-order valence-corrected chi connectivity index (χ0v) is 13.5. The third kappa shape index (κ3) is 3.74. The highest BCUT2D eigenvalue weighted by atomic mass is 79.9. The predicted molar refractivity (Wildman–Crippen MR) is 84.3 cm³/mol. The molecule has 0 saturated heterocycles. The fraction of sp³-hybridized carbons (Fsp3) is 0.250. The summed E-state index contributed by atoms with van der Waals surface area (Å²) in [5.41, 5.74) is 8.09. The molecule has 0 fully saturated rings. The maximum Gasteiger partial charge on any atom is 0.137 e. The van der Waals surface area contributed by atoms with Crippen LogP contribution in [0.3, 0.4) is 0 Å². The monoisotopic (exact) mass is 353 g/mol. The quantitative estimate of drug-likeness (QED) is 0.887. The highest BCUT2D eigenvalue weighted by Crippen LogP contribution is 2.30. The van der Waals surface area contributed by atoms with E-state index in [1.807, 2.05) is 12.1 Å². The van der Waals surface area contributed by atoms with Crippen LogP contribution >= 0.6 is 15.9 Å². The van der Waals surface area contributed by atoms with E-state index in [0.29, 0.717) is 22.4 Å². The molecule has 2 N–H and O–H groups in total. The lowest BCUT2D eigenvalue weighted by Gasteiger charge is -2.17. The van der Waals surface area contributed by atoms with Crippen molar-refractivity contribution in [2.75, 3.05) is 14.2 Å². The summed E-state index contributed by atoms with van der Waals surface area (Å²) in [6.07, 6.45) is 0.585. The van der Waals surface area contributed by atoms with E-state index in [1.165, 1.54) is 6.07 Å². The lowest BCUT2D eigenvalue weighted by molar-refractivity contribution is 0.388. The molecule has 1 atom stereocenters. The minimum atomic E-state index is -0.283. The van der Waals surface area contributed by atoms with E-state index in [2.05, 4.69) is 15.9 Å². The number of rotatable bonds is 5. The van der Waals surface area contributed by atoms with E-state index in [1.54, 1.807) is 32.4 Å². The van der Waals surface area contributed by atoms with Gasteiger partial charge in [0.05, 0.1) is 18.7 Å². The smallest absolute Gasteiger partial charge is 0.137 e. The average molecular weight is 354 g/mol. The largest absolute Gasteiger partial charge is 0.497 e. The van der Waals surface area contributed by atoms with Gasteiger partial charge in [0.1, 0.15) is 17.3 Å². The van der Waals surface area contributed by atoms with Crippen molar-refractivity contribution in [2.45, 2.75) is 12.5 Å². The summed E-state index contributed by atoms with van der Waals surface area (Å²) in [6.45, 7) is 0. The van der Waals surface area contributed by atoms with E-state index in [4.69, 9.17) is 15.2 Å². The first kappa shape index (κ1) is 15.8. The number of halogens is 2. The summed E-state index contributed by atoms with van der Waals surface area (Å²) in [4.78, 5) is 0. The lowest BCUT2D eigenvalue weighted by Crippen LogP contribution is -2.14. The molecule has 1 unspecified atom stereocenters. The zero-order valence-electron chi connectivity index (χ0n) is 11.9. The molecule has 0 spiro atoms. The maximum absolute atomic E-state index is 13.2. The van der Waals surface area contributed by atoms with Gasteiger partial charge in [0, 0.05) is 17.7 Å². The molecule has 112 valence electrons. The summed E-state index contributed by atoms with van der Waals surface area (Å²) in [5, 5.41) is 0. The second kappa shape index (κ2) is 6.91. The first-order chi connectivity index (χ1) is 10.0. The second-order valence-electron chi connectivity index (χ2n) is 4.67. The third-order valence-electron chi connectivity index (χ3n) is 3.28. The highest BCUT2D eigenvalue weighted by molar-refractivity contribution is 9.10. The molecule has 0 amide bonds. The van der Waals surface area contributed by atoms with E-state index < -0.39 is 0 Å². The predicted octanol–water partition coefficient (Wildman–Crippen LogP) is 3.85. The highest BCUT2D eigenvalue weighted by Gasteiger charge is 2.14. The summed E-state index contributed by atoms with van der Waals surface area (Å²) in [7, 11) is 3.20. The van der Waals surface area contributed by atoms with Crippen molar-refractivity contribution in [3.8, 4) is 11.5 Å². The molecule has 0 radical (unpaired) electrons. The molecule has 2 aromatic rings. The molecule has 3 nitrogen and oxygen atoms in total. The SMILES string of the molecule is COc1ccc(C(N)Cc2ccc(F)c(Br)c2)c(OC)c1. The van der Waals surface area contributed by atoms with Gasteiger partial charge in [-0.15, -0.1) is 0 Å². The third-order valence-corrected chi connectivity index (χ3v) is 3.89. The minimum Gasteiger partial charge on any atom is -0.497 e. The van der Waals surface area contributed by atoms with Gasteiger partial charge in [0.25, 0.3) is 0 Å². The fourth-order valence-corrected chi connectivity index (χ4v) is 2.58. The van der Waals surface area contributed by atoms with Crippen LogP contribution in [-0.2, 0) is 6.42 Å². The molecule has 2 rings (SSSR count). The Morgan fingerprint density at radius 2 is 1.90 bits per heavy atom. The molecule has 0 bridgehead atoms. The molecule has 0 aliphatic carbocycles. The normalized spacial score (nSPS) is 12.0. The Hall–Kier alpha value is -1.59. The Kier molecular flexibility index (Phi) is 5.20. The lowest BCUT2D eigenvalue weighted by atomic mass is 9.98. The number of methoxy groups -OCH3 is 2. The van der Waals surface area contributed by atoms with E-state index in [-0.39, 0.29) is 11.9 Å². The van der Waals surface area contributed by atoms with E-state index in [9.17, 15) is 4.39 Å². The van der Waals surface area contributed by atoms with Crippen LogP contribution in [-0.4, -0.2) is 14.2 Å². The topological polar surface area (TPSA) is 44.5 Å². The molecule has 0 aliphatic heterocycles. The van der Waals surface area contributed by atoms with Gasteiger partial charge >= 0.3 is 0 Å². The van der Waals surface area contributed by atoms with Gasteiger partial charge in [-0.2, -0.15) is 0 Å². The average Bonchev–Trinajstić information content (AvgIpc) is 2.50. The Labute approximate surface area is 132 Å². The summed E-state index contributed by atoms with van der Waals surface area (Å²) in [6, 6.07) is 10.2. The minimum absolute atomic E-state index is 0.247. The number of nitrogens with two attached hydrogens (primary N) is 1. The summed E-state index contributed by atoms with van der Waals surface area (Å²) in [5.74, 6) is 1.12. The zero-order chi connectivity index (χ0) is 15.4. The van der Waals surface area contributed by atoms with Crippen LogP contribution < -0.4 is 15.2 Å². The van der Waals surface area contributed by atoms with Gasteiger partial charge in [-0.3, -0.25) is 0 Å². The molecule has 2 aromatic carbocycles. The van der Waals surface area contributed by atoms with Crippen LogP contribution in [0, 0.1) is 5.82 Å². The molecule has 21 heavy (non-hydrogen) atoms. The van der Waals surface area contributed by atoms with Crippen LogP contribution in [0.2, 0.25) is 0 Å². The Morgan fingerprint density at radius 1 is 1.14 bits per heavy atom. The molecule has 0 aromatic heterocycles. The molecular weight excluding hydrogens is 337 g/mol. The number of benzene rings is 2.